The van der Waals surface area contributed by atoms with Crippen molar-refractivity contribution >= 4 is 29.9 Å². The van der Waals surface area contributed by atoms with Crippen molar-refractivity contribution in [2.75, 3.05) is 20.1 Å². The van der Waals surface area contributed by atoms with Crippen LogP contribution in [0.15, 0.2) is 35.5 Å². The number of aliphatic imine (C=N–C) groups is 1. The Labute approximate surface area is 166 Å². The summed E-state index contributed by atoms with van der Waals surface area (Å²) in [5.41, 5.74) is 3.29. The van der Waals surface area contributed by atoms with Gasteiger partial charge in [0.2, 0.25) is 0 Å². The summed E-state index contributed by atoms with van der Waals surface area (Å²) in [4.78, 5) is 6.68. The first-order valence-electron chi connectivity index (χ1n) is 8.33. The normalized spacial score (nSPS) is 11.1. The Morgan fingerprint density at radius 3 is 2.84 bits per heavy atom. The van der Waals surface area contributed by atoms with Crippen molar-refractivity contribution in [1.82, 2.24) is 20.4 Å². The fraction of sp³-hybridized carbons (Fsp3) is 0.444. The number of H-pyrrole nitrogens is 1. The van der Waals surface area contributed by atoms with E-state index in [1.54, 1.807) is 12.1 Å². The van der Waals surface area contributed by atoms with Crippen LogP contribution in [0, 0.1) is 12.7 Å². The summed E-state index contributed by atoms with van der Waals surface area (Å²) in [5, 5.41) is 10.3. The van der Waals surface area contributed by atoms with Crippen LogP contribution in [0.25, 0.3) is 0 Å². The molecule has 0 saturated heterocycles. The quantitative estimate of drug-likeness (QED) is 0.289. The molecular weight excluding hydrogens is 432 g/mol. The lowest BCUT2D eigenvalue weighted by Gasteiger charge is -2.22. The summed E-state index contributed by atoms with van der Waals surface area (Å²) in [6.45, 7) is 6.22. The van der Waals surface area contributed by atoms with Crippen molar-refractivity contribution in [3.63, 3.8) is 0 Å². The summed E-state index contributed by atoms with van der Waals surface area (Å²) < 4.78 is 13.3. The highest BCUT2D eigenvalue weighted by Crippen LogP contribution is 2.08. The van der Waals surface area contributed by atoms with Crippen LogP contribution in [-0.4, -0.2) is 41.2 Å². The molecule has 0 bridgehead atoms. The van der Waals surface area contributed by atoms with Crippen LogP contribution >= 0.6 is 24.0 Å². The molecule has 0 atom stereocenters. The topological polar surface area (TPSA) is 56.3 Å². The molecule has 25 heavy (non-hydrogen) atoms. The maximum Gasteiger partial charge on any atom is 0.193 e. The molecule has 1 heterocycles. The van der Waals surface area contributed by atoms with Gasteiger partial charge < -0.3 is 10.2 Å². The number of benzene rings is 1. The molecule has 2 aromatic rings. The average Bonchev–Trinajstić information content (AvgIpc) is 2.95. The van der Waals surface area contributed by atoms with Gasteiger partial charge in [-0.05, 0) is 49.9 Å². The van der Waals surface area contributed by atoms with Crippen LogP contribution < -0.4 is 5.32 Å². The van der Waals surface area contributed by atoms with E-state index in [0.717, 1.165) is 43.1 Å². The van der Waals surface area contributed by atoms with Crippen molar-refractivity contribution in [2.24, 2.45) is 4.99 Å². The molecule has 2 rings (SSSR count). The van der Waals surface area contributed by atoms with Gasteiger partial charge >= 0.3 is 0 Å². The summed E-state index contributed by atoms with van der Waals surface area (Å²) in [5.74, 6) is 0.629. The van der Waals surface area contributed by atoms with E-state index >= 15 is 0 Å². The Hall–Kier alpha value is -1.64. The second-order valence-corrected chi connectivity index (χ2v) is 5.85. The maximum absolute atomic E-state index is 13.3. The Morgan fingerprint density at radius 2 is 2.20 bits per heavy atom. The lowest BCUT2D eigenvalue weighted by atomic mass is 10.1. The lowest BCUT2D eigenvalue weighted by Crippen LogP contribution is -2.38. The molecule has 0 unspecified atom stereocenters. The summed E-state index contributed by atoms with van der Waals surface area (Å²) >= 11 is 0. The molecule has 1 aromatic heterocycles. The van der Waals surface area contributed by atoms with Crippen molar-refractivity contribution in [2.45, 2.75) is 33.2 Å². The van der Waals surface area contributed by atoms with Crippen LogP contribution in [0.4, 0.5) is 4.39 Å². The van der Waals surface area contributed by atoms with Gasteiger partial charge in [0.25, 0.3) is 0 Å². The molecule has 5 nitrogen and oxygen atoms in total. The lowest BCUT2D eigenvalue weighted by molar-refractivity contribution is 0.474. The van der Waals surface area contributed by atoms with Gasteiger partial charge in [-0.2, -0.15) is 5.10 Å². The van der Waals surface area contributed by atoms with Crippen molar-refractivity contribution in [3.05, 3.63) is 53.1 Å². The number of nitrogens with one attached hydrogen (secondary N) is 2. The second-order valence-electron chi connectivity index (χ2n) is 5.85. The molecule has 2 N–H and O–H groups in total. The van der Waals surface area contributed by atoms with Crippen LogP contribution in [-0.2, 0) is 13.0 Å². The highest BCUT2D eigenvalue weighted by Gasteiger charge is 2.07. The Balaban J connectivity index is 0.00000312. The molecule has 1 aromatic carbocycles. The van der Waals surface area contributed by atoms with Crippen LogP contribution in [0.2, 0.25) is 0 Å². The first-order valence-corrected chi connectivity index (χ1v) is 8.33. The number of rotatable bonds is 7. The predicted octanol–water partition coefficient (Wildman–Crippen LogP) is 3.51. The number of hydrogen-bond acceptors (Lipinski definition) is 2. The molecule has 0 amide bonds. The Kier molecular flexibility index (Phi) is 9.48. The van der Waals surface area contributed by atoms with Crippen molar-refractivity contribution < 1.29 is 4.39 Å². The number of halogens is 2. The van der Waals surface area contributed by atoms with E-state index in [2.05, 4.69) is 20.5 Å². The number of aromatic nitrogens is 2. The van der Waals surface area contributed by atoms with Gasteiger partial charge in [0.05, 0.1) is 6.20 Å². The molecular formula is C18H27FIN5. The van der Waals surface area contributed by atoms with E-state index < -0.39 is 0 Å². The minimum Gasteiger partial charge on any atom is -0.357 e. The second kappa shape index (κ2) is 11.1. The number of aromatic amines is 1. The van der Waals surface area contributed by atoms with Gasteiger partial charge in [-0.25, -0.2) is 4.39 Å². The average molecular weight is 459 g/mol. The third-order valence-electron chi connectivity index (χ3n) is 3.81. The van der Waals surface area contributed by atoms with Crippen molar-refractivity contribution in [3.8, 4) is 0 Å². The number of guanidine groups is 1. The van der Waals surface area contributed by atoms with Crippen molar-refractivity contribution in [1.29, 1.82) is 0 Å². The third kappa shape index (κ3) is 7.01. The Bertz CT molecular complexity index is 671. The minimum absolute atomic E-state index is 0. The molecule has 7 heteroatoms. The van der Waals surface area contributed by atoms with Gasteiger partial charge in [-0.15, -0.1) is 24.0 Å². The monoisotopic (exact) mass is 459 g/mol. The third-order valence-corrected chi connectivity index (χ3v) is 3.81. The van der Waals surface area contributed by atoms with Crippen LogP contribution in [0.1, 0.15) is 30.2 Å². The van der Waals surface area contributed by atoms with E-state index in [0.29, 0.717) is 6.54 Å². The zero-order valence-electron chi connectivity index (χ0n) is 15.1. The smallest absolute Gasteiger partial charge is 0.193 e. The fourth-order valence-corrected chi connectivity index (χ4v) is 2.54. The molecule has 0 saturated carbocycles. The molecule has 0 radical (unpaired) electrons. The molecule has 0 spiro atoms. The van der Waals surface area contributed by atoms with Gasteiger partial charge in [-0.1, -0.05) is 12.1 Å². The van der Waals surface area contributed by atoms with Gasteiger partial charge in [0.15, 0.2) is 5.96 Å². The molecule has 0 fully saturated rings. The number of hydrogen-bond donors (Lipinski definition) is 2. The van der Waals surface area contributed by atoms with E-state index in [9.17, 15) is 4.39 Å². The molecule has 0 aliphatic carbocycles. The Morgan fingerprint density at radius 1 is 1.40 bits per heavy atom. The highest BCUT2D eigenvalue weighted by molar-refractivity contribution is 14.0. The maximum atomic E-state index is 13.3. The number of nitrogens with zero attached hydrogens (tertiary/aromatic N) is 3. The fourth-order valence-electron chi connectivity index (χ4n) is 2.54. The molecule has 0 aliphatic heterocycles. The van der Waals surface area contributed by atoms with E-state index in [-0.39, 0.29) is 29.8 Å². The molecule has 0 aliphatic rings. The first-order chi connectivity index (χ1) is 11.6. The zero-order chi connectivity index (χ0) is 17.4. The summed E-state index contributed by atoms with van der Waals surface area (Å²) in [7, 11) is 1.96. The van der Waals surface area contributed by atoms with Gasteiger partial charge in [-0.3, -0.25) is 10.1 Å². The largest absolute Gasteiger partial charge is 0.357 e. The summed E-state index contributed by atoms with van der Waals surface area (Å²) in [6.07, 6.45) is 3.79. The zero-order valence-corrected chi connectivity index (χ0v) is 17.4. The van der Waals surface area contributed by atoms with E-state index in [1.807, 2.05) is 38.1 Å². The first kappa shape index (κ1) is 21.4. The van der Waals surface area contributed by atoms with Crippen LogP contribution in [0.5, 0.6) is 0 Å². The van der Waals surface area contributed by atoms with Gasteiger partial charge in [0, 0.05) is 32.4 Å². The predicted molar refractivity (Wildman–Crippen MR) is 111 cm³/mol. The number of aryl methyl sites for hydroxylation is 2. The minimum atomic E-state index is -0.210. The van der Waals surface area contributed by atoms with E-state index in [1.165, 1.54) is 11.6 Å². The SMILES string of the molecule is CCNC(=NCCCc1cn[nH]c1C)N(C)Cc1cccc(F)c1.I. The highest BCUT2D eigenvalue weighted by atomic mass is 127. The summed E-state index contributed by atoms with van der Waals surface area (Å²) in [6, 6.07) is 6.67. The molecule has 138 valence electrons. The van der Waals surface area contributed by atoms with Crippen LogP contribution in [0.3, 0.4) is 0 Å². The standard InChI is InChI=1S/C18H26FN5.HI/c1-4-20-18(21-10-6-8-16-12-22-23-14(16)2)24(3)13-15-7-5-9-17(19)11-15;/h5,7,9,11-12H,4,6,8,10,13H2,1-3H3,(H,20,21)(H,22,23);1H. The van der Waals surface area contributed by atoms with E-state index in [4.69, 9.17) is 0 Å². The van der Waals surface area contributed by atoms with Gasteiger partial charge in [0.1, 0.15) is 5.82 Å².